The number of halogens is 4. The van der Waals surface area contributed by atoms with Crippen LogP contribution in [0.2, 0.25) is 5.02 Å². The highest BCUT2D eigenvalue weighted by molar-refractivity contribution is 8.00. The van der Waals surface area contributed by atoms with Crippen LogP contribution >= 0.6 is 23.4 Å². The lowest BCUT2D eigenvalue weighted by atomic mass is 10.2. The van der Waals surface area contributed by atoms with Gasteiger partial charge in [-0.3, -0.25) is 0 Å². The summed E-state index contributed by atoms with van der Waals surface area (Å²) in [4.78, 5) is 0. The van der Waals surface area contributed by atoms with E-state index in [0.717, 1.165) is 0 Å². The standard InChI is InChI=1S/C10H10ClF3O2S/c11-8-1-2-9(7(5-8)6-15)16-3-4-17-10(12,13)14/h1-2,5,15H,3-4,6H2. The fourth-order valence-electron chi connectivity index (χ4n) is 1.12. The van der Waals surface area contributed by atoms with Crippen molar-refractivity contribution in [2.75, 3.05) is 12.4 Å². The van der Waals surface area contributed by atoms with E-state index in [1.807, 2.05) is 0 Å². The van der Waals surface area contributed by atoms with Crippen molar-refractivity contribution in [3.05, 3.63) is 28.8 Å². The molecule has 1 N–H and O–H groups in total. The van der Waals surface area contributed by atoms with E-state index in [1.54, 1.807) is 6.07 Å². The van der Waals surface area contributed by atoms with Gasteiger partial charge in [0.25, 0.3) is 0 Å². The van der Waals surface area contributed by atoms with Gasteiger partial charge in [-0.25, -0.2) is 0 Å². The third kappa shape index (κ3) is 5.52. The van der Waals surface area contributed by atoms with Gasteiger partial charge < -0.3 is 9.84 Å². The molecule has 0 unspecified atom stereocenters. The Labute approximate surface area is 106 Å². The minimum absolute atomic E-state index is 0.0845. The molecule has 0 heterocycles. The minimum atomic E-state index is -4.25. The summed E-state index contributed by atoms with van der Waals surface area (Å²) >= 11 is 5.55. The number of ether oxygens (including phenoxy) is 1. The van der Waals surface area contributed by atoms with Crippen LogP contribution in [0.15, 0.2) is 18.2 Å². The monoisotopic (exact) mass is 286 g/mol. The molecule has 0 saturated carbocycles. The van der Waals surface area contributed by atoms with Gasteiger partial charge in [0.15, 0.2) is 0 Å². The van der Waals surface area contributed by atoms with Crippen LogP contribution in [0.4, 0.5) is 13.2 Å². The second-order valence-electron chi connectivity index (χ2n) is 3.05. The van der Waals surface area contributed by atoms with Gasteiger partial charge >= 0.3 is 5.51 Å². The van der Waals surface area contributed by atoms with E-state index in [2.05, 4.69) is 0 Å². The van der Waals surface area contributed by atoms with Crippen LogP contribution in [0.25, 0.3) is 0 Å². The van der Waals surface area contributed by atoms with Gasteiger partial charge in [0.05, 0.1) is 13.2 Å². The van der Waals surface area contributed by atoms with Crippen LogP contribution in [0.3, 0.4) is 0 Å². The maximum Gasteiger partial charge on any atom is 0.441 e. The minimum Gasteiger partial charge on any atom is -0.492 e. The summed E-state index contributed by atoms with van der Waals surface area (Å²) in [5, 5.41) is 9.44. The zero-order valence-electron chi connectivity index (χ0n) is 8.63. The van der Waals surface area contributed by atoms with Crippen molar-refractivity contribution < 1.29 is 23.0 Å². The number of aliphatic hydroxyl groups excluding tert-OH is 1. The lowest BCUT2D eigenvalue weighted by Crippen LogP contribution is -2.08. The molecule has 2 nitrogen and oxygen atoms in total. The quantitative estimate of drug-likeness (QED) is 0.841. The molecule has 7 heteroatoms. The number of alkyl halides is 3. The third-order valence-electron chi connectivity index (χ3n) is 1.80. The van der Waals surface area contributed by atoms with Gasteiger partial charge in [-0.1, -0.05) is 11.6 Å². The zero-order chi connectivity index (χ0) is 12.9. The van der Waals surface area contributed by atoms with Crippen molar-refractivity contribution in [1.29, 1.82) is 0 Å². The Balaban J connectivity index is 2.46. The summed E-state index contributed by atoms with van der Waals surface area (Å²) in [6.07, 6.45) is 0. The molecule has 0 radical (unpaired) electrons. The molecule has 0 bridgehead atoms. The molecule has 0 aromatic heterocycles. The Morgan fingerprint density at radius 2 is 2.06 bits per heavy atom. The molecular weight excluding hydrogens is 277 g/mol. The van der Waals surface area contributed by atoms with E-state index in [1.165, 1.54) is 12.1 Å². The molecule has 0 saturated heterocycles. The molecule has 0 fully saturated rings. The fourth-order valence-corrected chi connectivity index (χ4v) is 1.71. The first-order valence-electron chi connectivity index (χ1n) is 4.65. The Morgan fingerprint density at radius 3 is 2.65 bits per heavy atom. The molecule has 96 valence electrons. The van der Waals surface area contributed by atoms with Gasteiger partial charge in [0.2, 0.25) is 0 Å². The van der Waals surface area contributed by atoms with E-state index in [9.17, 15) is 13.2 Å². The number of hydrogen-bond acceptors (Lipinski definition) is 3. The predicted octanol–water partition coefficient (Wildman–Crippen LogP) is 3.46. The van der Waals surface area contributed by atoms with E-state index < -0.39 is 5.51 Å². The summed E-state index contributed by atoms with van der Waals surface area (Å²) in [7, 11) is 0. The van der Waals surface area contributed by atoms with E-state index >= 15 is 0 Å². The Hall–Kier alpha value is -0.590. The Morgan fingerprint density at radius 1 is 1.35 bits per heavy atom. The van der Waals surface area contributed by atoms with Crippen molar-refractivity contribution >= 4 is 23.4 Å². The van der Waals surface area contributed by atoms with Crippen LogP contribution in [-0.4, -0.2) is 23.0 Å². The highest BCUT2D eigenvalue weighted by Gasteiger charge is 2.27. The van der Waals surface area contributed by atoms with Crippen LogP contribution < -0.4 is 4.74 Å². The lowest BCUT2D eigenvalue weighted by Gasteiger charge is -2.11. The molecule has 1 rings (SSSR count). The summed E-state index contributed by atoms with van der Waals surface area (Å²) in [6, 6.07) is 4.58. The van der Waals surface area contributed by atoms with Crippen molar-refractivity contribution in [3.63, 3.8) is 0 Å². The van der Waals surface area contributed by atoms with Gasteiger partial charge in [0, 0.05) is 16.3 Å². The highest BCUT2D eigenvalue weighted by Crippen LogP contribution is 2.30. The van der Waals surface area contributed by atoms with Crippen molar-refractivity contribution in [2.45, 2.75) is 12.1 Å². The van der Waals surface area contributed by atoms with Crippen LogP contribution in [0, 0.1) is 0 Å². The maximum absolute atomic E-state index is 11.8. The van der Waals surface area contributed by atoms with Crippen LogP contribution in [-0.2, 0) is 6.61 Å². The number of aliphatic hydroxyl groups is 1. The molecule has 0 aliphatic rings. The molecule has 17 heavy (non-hydrogen) atoms. The Kier molecular flexibility index (Phi) is 5.42. The molecule has 0 aliphatic carbocycles. The molecule has 0 spiro atoms. The first kappa shape index (κ1) is 14.5. The van der Waals surface area contributed by atoms with Gasteiger partial charge in [-0.05, 0) is 30.0 Å². The average Bonchev–Trinajstić information content (AvgIpc) is 2.24. The molecule has 0 aliphatic heterocycles. The van der Waals surface area contributed by atoms with E-state index in [4.69, 9.17) is 21.4 Å². The molecule has 1 aromatic rings. The molecular formula is C10H10ClF3O2S. The first-order valence-corrected chi connectivity index (χ1v) is 6.01. The molecule has 1 aromatic carbocycles. The largest absolute Gasteiger partial charge is 0.492 e. The highest BCUT2D eigenvalue weighted by atomic mass is 35.5. The molecule has 0 amide bonds. The Bertz CT molecular complexity index is 371. The average molecular weight is 287 g/mol. The predicted molar refractivity (Wildman–Crippen MR) is 61.4 cm³/mol. The van der Waals surface area contributed by atoms with Crippen LogP contribution in [0.1, 0.15) is 5.56 Å². The smallest absolute Gasteiger partial charge is 0.441 e. The summed E-state index contributed by atoms with van der Waals surface area (Å²) in [5.41, 5.74) is -3.79. The lowest BCUT2D eigenvalue weighted by molar-refractivity contribution is -0.0329. The summed E-state index contributed by atoms with van der Waals surface area (Å²) < 4.78 is 40.6. The van der Waals surface area contributed by atoms with E-state index in [-0.39, 0.29) is 30.7 Å². The SMILES string of the molecule is OCc1cc(Cl)ccc1OCCSC(F)(F)F. The topological polar surface area (TPSA) is 29.5 Å². The fraction of sp³-hybridized carbons (Fsp3) is 0.400. The number of benzene rings is 1. The first-order chi connectivity index (χ1) is 7.92. The second kappa shape index (κ2) is 6.37. The van der Waals surface area contributed by atoms with E-state index in [0.29, 0.717) is 16.3 Å². The van der Waals surface area contributed by atoms with Gasteiger partial charge in [-0.15, -0.1) is 0 Å². The summed E-state index contributed by atoms with van der Waals surface area (Å²) in [6.45, 7) is -0.360. The number of rotatable bonds is 5. The van der Waals surface area contributed by atoms with Gasteiger partial charge in [0.1, 0.15) is 5.75 Å². The normalized spacial score (nSPS) is 11.6. The third-order valence-corrected chi connectivity index (χ3v) is 2.73. The van der Waals surface area contributed by atoms with Gasteiger partial charge in [-0.2, -0.15) is 13.2 Å². The molecule has 0 atom stereocenters. The number of thioether (sulfide) groups is 1. The van der Waals surface area contributed by atoms with Crippen LogP contribution in [0.5, 0.6) is 5.75 Å². The second-order valence-corrected chi connectivity index (χ2v) is 4.65. The zero-order valence-corrected chi connectivity index (χ0v) is 10.2. The summed E-state index contributed by atoms with van der Waals surface area (Å²) in [5.74, 6) is 0.149. The van der Waals surface area contributed by atoms with Crippen molar-refractivity contribution in [3.8, 4) is 5.75 Å². The number of hydrogen-bond donors (Lipinski definition) is 1. The van der Waals surface area contributed by atoms with Crippen molar-refractivity contribution in [1.82, 2.24) is 0 Å². The van der Waals surface area contributed by atoms with Crippen molar-refractivity contribution in [2.24, 2.45) is 0 Å². The maximum atomic E-state index is 11.8.